The highest BCUT2D eigenvalue weighted by Gasteiger charge is 2.23. The first-order chi connectivity index (χ1) is 7.65. The van der Waals surface area contributed by atoms with Gasteiger partial charge in [0.15, 0.2) is 0 Å². The minimum Gasteiger partial charge on any atom is -0.329 e. The van der Waals surface area contributed by atoms with Crippen molar-refractivity contribution >= 4 is 0 Å². The number of aromatic nitrogens is 2. The van der Waals surface area contributed by atoms with Crippen LogP contribution in [0.5, 0.6) is 0 Å². The molecule has 0 aromatic carbocycles. The molecule has 1 N–H and O–H groups in total. The van der Waals surface area contributed by atoms with Crippen molar-refractivity contribution in [3.8, 4) is 0 Å². The molecular weight excluding hydrogens is 198 g/mol. The van der Waals surface area contributed by atoms with E-state index in [9.17, 15) is 0 Å². The topological polar surface area (TPSA) is 29.9 Å². The predicted octanol–water partition coefficient (Wildman–Crippen LogP) is 2.62. The van der Waals surface area contributed by atoms with Crippen molar-refractivity contribution in [3.05, 3.63) is 17.2 Å². The molecule has 0 amide bonds. The summed E-state index contributed by atoms with van der Waals surface area (Å²) in [6.45, 7) is 11.1. The highest BCUT2D eigenvalue weighted by molar-refractivity contribution is 5.22. The summed E-state index contributed by atoms with van der Waals surface area (Å²) in [6, 6.07) is 0.576. The molecule has 1 aromatic rings. The maximum absolute atomic E-state index is 4.82. The predicted molar refractivity (Wildman–Crippen MR) is 66.7 cm³/mol. The average molecular weight is 221 g/mol. The molecule has 1 atom stereocenters. The Morgan fingerprint density at radius 2 is 2.12 bits per heavy atom. The van der Waals surface area contributed by atoms with Gasteiger partial charge in [-0.05, 0) is 13.3 Å². The molecule has 0 saturated carbocycles. The van der Waals surface area contributed by atoms with Gasteiger partial charge in [0, 0.05) is 37.2 Å². The molecule has 90 valence electrons. The molecular formula is C13H23N3. The summed E-state index contributed by atoms with van der Waals surface area (Å²) in [5, 5.41) is 3.40. The lowest BCUT2D eigenvalue weighted by atomic mass is 10.1. The first-order valence-electron chi connectivity index (χ1n) is 6.45. The summed E-state index contributed by atoms with van der Waals surface area (Å²) in [6.07, 6.45) is 2.30. The van der Waals surface area contributed by atoms with Gasteiger partial charge in [0.2, 0.25) is 0 Å². The van der Waals surface area contributed by atoms with Gasteiger partial charge >= 0.3 is 0 Å². The number of rotatable bonds is 3. The standard InChI is InChI=1S/C13H23N3/c1-5-10(4)16-12-6-7-14-8-11(12)15-13(16)9(2)3/h9-10,14H,5-8H2,1-4H3. The van der Waals surface area contributed by atoms with Gasteiger partial charge in [-0.15, -0.1) is 0 Å². The zero-order chi connectivity index (χ0) is 11.7. The van der Waals surface area contributed by atoms with Crippen molar-refractivity contribution < 1.29 is 0 Å². The van der Waals surface area contributed by atoms with Gasteiger partial charge in [0.25, 0.3) is 0 Å². The van der Waals surface area contributed by atoms with E-state index in [0.717, 1.165) is 19.5 Å². The maximum Gasteiger partial charge on any atom is 0.112 e. The molecule has 2 rings (SSSR count). The lowest BCUT2D eigenvalue weighted by Crippen LogP contribution is -2.25. The summed E-state index contributed by atoms with van der Waals surface area (Å²) in [5.74, 6) is 1.78. The van der Waals surface area contributed by atoms with Crippen molar-refractivity contribution in [2.45, 2.75) is 59.0 Å². The second-order valence-corrected chi connectivity index (χ2v) is 5.07. The molecule has 0 radical (unpaired) electrons. The highest BCUT2D eigenvalue weighted by atomic mass is 15.1. The van der Waals surface area contributed by atoms with Crippen LogP contribution in [-0.2, 0) is 13.0 Å². The van der Waals surface area contributed by atoms with Crippen LogP contribution in [0.1, 0.15) is 63.3 Å². The minimum atomic E-state index is 0.514. The van der Waals surface area contributed by atoms with Crippen molar-refractivity contribution in [1.82, 2.24) is 14.9 Å². The second-order valence-electron chi connectivity index (χ2n) is 5.07. The van der Waals surface area contributed by atoms with Crippen LogP contribution in [0.4, 0.5) is 0 Å². The number of nitrogens with one attached hydrogen (secondary N) is 1. The number of nitrogens with zero attached hydrogens (tertiary/aromatic N) is 2. The largest absolute Gasteiger partial charge is 0.329 e. The van der Waals surface area contributed by atoms with Crippen LogP contribution >= 0.6 is 0 Å². The Morgan fingerprint density at radius 1 is 1.38 bits per heavy atom. The Labute approximate surface area is 98.3 Å². The smallest absolute Gasteiger partial charge is 0.112 e. The van der Waals surface area contributed by atoms with E-state index in [0.29, 0.717) is 12.0 Å². The van der Waals surface area contributed by atoms with Crippen molar-refractivity contribution in [2.75, 3.05) is 6.54 Å². The van der Waals surface area contributed by atoms with Gasteiger partial charge < -0.3 is 9.88 Å². The van der Waals surface area contributed by atoms with E-state index in [-0.39, 0.29) is 0 Å². The molecule has 0 fully saturated rings. The van der Waals surface area contributed by atoms with Gasteiger partial charge in [0.05, 0.1) is 5.69 Å². The fourth-order valence-corrected chi connectivity index (χ4v) is 2.44. The Bertz CT molecular complexity index is 365. The van der Waals surface area contributed by atoms with Crippen molar-refractivity contribution in [2.24, 2.45) is 0 Å². The van der Waals surface area contributed by atoms with Gasteiger partial charge in [-0.2, -0.15) is 0 Å². The molecule has 1 aliphatic heterocycles. The van der Waals surface area contributed by atoms with Crippen LogP contribution in [0.25, 0.3) is 0 Å². The molecule has 0 saturated heterocycles. The number of hydrogen-bond acceptors (Lipinski definition) is 2. The van der Waals surface area contributed by atoms with Gasteiger partial charge in [0.1, 0.15) is 5.82 Å². The zero-order valence-corrected chi connectivity index (χ0v) is 10.9. The van der Waals surface area contributed by atoms with Gasteiger partial charge in [-0.1, -0.05) is 20.8 Å². The van der Waals surface area contributed by atoms with Crippen LogP contribution in [0, 0.1) is 0 Å². The summed E-state index contributed by atoms with van der Waals surface area (Å²) in [4.78, 5) is 4.82. The van der Waals surface area contributed by atoms with Crippen LogP contribution in [0.3, 0.4) is 0 Å². The molecule has 2 heterocycles. The van der Waals surface area contributed by atoms with E-state index < -0.39 is 0 Å². The first-order valence-corrected chi connectivity index (χ1v) is 6.45. The molecule has 0 bridgehead atoms. The van der Waals surface area contributed by atoms with Gasteiger partial charge in [-0.3, -0.25) is 0 Å². The molecule has 3 nitrogen and oxygen atoms in total. The van der Waals surface area contributed by atoms with E-state index in [1.165, 1.54) is 23.6 Å². The quantitative estimate of drug-likeness (QED) is 0.850. The molecule has 0 spiro atoms. The van der Waals surface area contributed by atoms with Crippen molar-refractivity contribution in [3.63, 3.8) is 0 Å². The van der Waals surface area contributed by atoms with E-state index in [4.69, 9.17) is 4.98 Å². The SMILES string of the molecule is CCC(C)n1c(C(C)C)nc2c1CCNC2. The van der Waals surface area contributed by atoms with Gasteiger partial charge in [-0.25, -0.2) is 4.98 Å². The molecule has 1 aromatic heterocycles. The third kappa shape index (κ3) is 1.88. The lowest BCUT2D eigenvalue weighted by Gasteiger charge is -2.21. The maximum atomic E-state index is 4.82. The molecule has 1 aliphatic rings. The summed E-state index contributed by atoms with van der Waals surface area (Å²) in [7, 11) is 0. The zero-order valence-electron chi connectivity index (χ0n) is 10.9. The number of fused-ring (bicyclic) bond motifs is 1. The minimum absolute atomic E-state index is 0.514. The Balaban J connectivity index is 2.48. The summed E-state index contributed by atoms with van der Waals surface area (Å²) in [5.41, 5.74) is 2.74. The molecule has 3 heteroatoms. The first kappa shape index (κ1) is 11.6. The summed E-state index contributed by atoms with van der Waals surface area (Å²) >= 11 is 0. The second kappa shape index (κ2) is 4.58. The van der Waals surface area contributed by atoms with E-state index in [1.807, 2.05) is 0 Å². The molecule has 16 heavy (non-hydrogen) atoms. The van der Waals surface area contributed by atoms with Crippen molar-refractivity contribution in [1.29, 1.82) is 0 Å². The fourth-order valence-electron chi connectivity index (χ4n) is 2.44. The van der Waals surface area contributed by atoms with E-state index in [2.05, 4.69) is 37.6 Å². The third-order valence-corrected chi connectivity index (χ3v) is 3.50. The Hall–Kier alpha value is -0.830. The fraction of sp³-hybridized carbons (Fsp3) is 0.769. The third-order valence-electron chi connectivity index (χ3n) is 3.50. The van der Waals surface area contributed by atoms with Crippen LogP contribution < -0.4 is 5.32 Å². The van der Waals surface area contributed by atoms with Crippen LogP contribution in [0.15, 0.2) is 0 Å². The van der Waals surface area contributed by atoms with E-state index in [1.54, 1.807) is 0 Å². The van der Waals surface area contributed by atoms with Crippen LogP contribution in [0.2, 0.25) is 0 Å². The average Bonchev–Trinajstić information content (AvgIpc) is 2.67. The molecule has 1 unspecified atom stereocenters. The monoisotopic (exact) mass is 221 g/mol. The Morgan fingerprint density at radius 3 is 2.75 bits per heavy atom. The Kier molecular flexibility index (Phi) is 3.33. The highest BCUT2D eigenvalue weighted by Crippen LogP contribution is 2.26. The van der Waals surface area contributed by atoms with E-state index >= 15 is 0 Å². The lowest BCUT2D eigenvalue weighted by molar-refractivity contribution is 0.472. The summed E-state index contributed by atoms with van der Waals surface area (Å²) < 4.78 is 2.49. The molecule has 0 aliphatic carbocycles. The number of hydrogen-bond donors (Lipinski definition) is 1. The number of imidazole rings is 1. The normalized spacial score (nSPS) is 17.6. The van der Waals surface area contributed by atoms with Crippen LogP contribution in [-0.4, -0.2) is 16.1 Å².